The van der Waals surface area contributed by atoms with Gasteiger partial charge in [-0.3, -0.25) is 10.1 Å². The maximum atomic E-state index is 11.3. The van der Waals surface area contributed by atoms with Crippen LogP contribution in [-0.2, 0) is 9.84 Å². The molecular weight excluding hydrogens is 330 g/mol. The van der Waals surface area contributed by atoms with Gasteiger partial charge >= 0.3 is 0 Å². The predicted octanol–water partition coefficient (Wildman–Crippen LogP) is 2.23. The number of rotatable bonds is 5. The van der Waals surface area contributed by atoms with E-state index in [4.69, 9.17) is 0 Å². The number of nitrogens with zero attached hydrogens (tertiary/aromatic N) is 3. The van der Waals surface area contributed by atoms with Gasteiger partial charge in [-0.1, -0.05) is 0 Å². The second-order valence-corrected chi connectivity index (χ2v) is 8.69. The lowest BCUT2D eigenvalue weighted by molar-refractivity contribution is -0.384. The number of benzene rings is 1. The van der Waals surface area contributed by atoms with E-state index in [1.54, 1.807) is 12.1 Å². The number of aromatic nitrogens is 1. The molecule has 7 nitrogen and oxygen atoms in total. The topological polar surface area (TPSA) is 85.5 Å². The highest BCUT2D eigenvalue weighted by Gasteiger charge is 2.22. The van der Waals surface area contributed by atoms with Crippen molar-refractivity contribution in [2.75, 3.05) is 31.6 Å². The van der Waals surface area contributed by atoms with Crippen LogP contribution in [-0.4, -0.2) is 54.5 Å². The van der Waals surface area contributed by atoms with Crippen molar-refractivity contribution in [2.24, 2.45) is 0 Å². The van der Waals surface area contributed by atoms with Crippen LogP contribution in [0.5, 0.6) is 0 Å². The van der Waals surface area contributed by atoms with Crippen molar-refractivity contribution in [1.82, 2.24) is 9.47 Å². The third kappa shape index (κ3) is 3.76. The highest BCUT2D eigenvalue weighted by molar-refractivity contribution is 7.90. The van der Waals surface area contributed by atoms with Gasteiger partial charge in [0.2, 0.25) is 0 Å². The molecule has 3 rings (SSSR count). The highest BCUT2D eigenvalue weighted by atomic mass is 32.2. The lowest BCUT2D eigenvalue weighted by Crippen LogP contribution is -2.37. The molecule has 130 valence electrons. The number of nitro groups is 1. The summed E-state index contributed by atoms with van der Waals surface area (Å²) in [6, 6.07) is 7.22. The smallest absolute Gasteiger partial charge is 0.270 e. The lowest BCUT2D eigenvalue weighted by Gasteiger charge is -2.32. The molecule has 1 saturated heterocycles. The van der Waals surface area contributed by atoms with E-state index in [0.717, 1.165) is 36.8 Å². The minimum absolute atomic E-state index is 0.107. The largest absolute Gasteiger partial charge is 0.344 e. The first-order valence-corrected chi connectivity index (χ1v) is 10.0. The lowest BCUT2D eigenvalue weighted by atomic mass is 10.0. The van der Waals surface area contributed by atoms with Crippen LogP contribution in [0.25, 0.3) is 10.9 Å². The van der Waals surface area contributed by atoms with E-state index in [-0.39, 0.29) is 16.4 Å². The van der Waals surface area contributed by atoms with Crippen LogP contribution >= 0.6 is 0 Å². The Morgan fingerprint density at radius 2 is 1.96 bits per heavy atom. The van der Waals surface area contributed by atoms with Crippen molar-refractivity contribution in [3.8, 4) is 0 Å². The Labute approximate surface area is 140 Å². The van der Waals surface area contributed by atoms with E-state index < -0.39 is 9.84 Å². The summed E-state index contributed by atoms with van der Waals surface area (Å²) in [6.45, 7) is 2.32. The van der Waals surface area contributed by atoms with Crippen LogP contribution in [0, 0.1) is 10.1 Å². The van der Waals surface area contributed by atoms with Gasteiger partial charge < -0.3 is 9.47 Å². The van der Waals surface area contributed by atoms with Gasteiger partial charge in [-0.2, -0.15) is 0 Å². The van der Waals surface area contributed by atoms with Gasteiger partial charge in [-0.15, -0.1) is 0 Å². The van der Waals surface area contributed by atoms with Crippen molar-refractivity contribution in [3.05, 3.63) is 40.6 Å². The first kappa shape index (κ1) is 16.9. The monoisotopic (exact) mass is 351 g/mol. The zero-order chi connectivity index (χ0) is 17.3. The SMILES string of the molecule is CS(=O)(=O)CCN1CCC(n2ccc3cc([N+](=O)[O-])ccc32)CC1. The molecule has 2 heterocycles. The molecule has 8 heteroatoms. The van der Waals surface area contributed by atoms with Gasteiger partial charge in [0.1, 0.15) is 9.84 Å². The summed E-state index contributed by atoms with van der Waals surface area (Å²) in [7, 11) is -2.92. The maximum absolute atomic E-state index is 11.3. The summed E-state index contributed by atoms with van der Waals surface area (Å²) in [5, 5.41) is 11.8. The van der Waals surface area contributed by atoms with E-state index in [0.29, 0.717) is 12.6 Å². The van der Waals surface area contributed by atoms with Crippen molar-refractivity contribution < 1.29 is 13.3 Å². The number of hydrogen-bond donors (Lipinski definition) is 0. The van der Waals surface area contributed by atoms with Crippen molar-refractivity contribution in [3.63, 3.8) is 0 Å². The molecule has 0 atom stereocenters. The average molecular weight is 351 g/mol. The van der Waals surface area contributed by atoms with Crippen LogP contribution in [0.4, 0.5) is 5.69 Å². The fourth-order valence-corrected chi connectivity index (χ4v) is 3.89. The number of likely N-dealkylation sites (tertiary alicyclic amines) is 1. The minimum Gasteiger partial charge on any atom is -0.344 e. The van der Waals surface area contributed by atoms with Gasteiger partial charge in [-0.25, -0.2) is 8.42 Å². The Kier molecular flexibility index (Phi) is 4.60. The van der Waals surface area contributed by atoms with Crippen LogP contribution in [0.15, 0.2) is 30.5 Å². The molecule has 2 aromatic rings. The normalized spacial score (nSPS) is 17.4. The fourth-order valence-electron chi connectivity index (χ4n) is 3.30. The predicted molar refractivity (Wildman–Crippen MR) is 93.0 cm³/mol. The molecule has 0 bridgehead atoms. The summed E-state index contributed by atoms with van der Waals surface area (Å²) in [5.41, 5.74) is 1.12. The molecule has 1 fully saturated rings. The minimum atomic E-state index is -2.92. The number of non-ortho nitro benzene ring substituents is 1. The Bertz CT molecular complexity index is 851. The zero-order valence-corrected chi connectivity index (χ0v) is 14.4. The molecule has 0 N–H and O–H groups in total. The third-order valence-corrected chi connectivity index (χ3v) is 5.57. The van der Waals surface area contributed by atoms with Gasteiger partial charge in [0.25, 0.3) is 5.69 Å². The molecule has 0 aliphatic carbocycles. The van der Waals surface area contributed by atoms with Gasteiger partial charge in [0.15, 0.2) is 0 Å². The molecular formula is C16H21N3O4S. The number of sulfone groups is 1. The summed E-state index contributed by atoms with van der Waals surface area (Å²) < 4.78 is 24.7. The van der Waals surface area contributed by atoms with Crippen molar-refractivity contribution in [2.45, 2.75) is 18.9 Å². The van der Waals surface area contributed by atoms with Gasteiger partial charge in [-0.05, 0) is 25.0 Å². The molecule has 1 aromatic heterocycles. The van der Waals surface area contributed by atoms with E-state index in [9.17, 15) is 18.5 Å². The summed E-state index contributed by atoms with van der Waals surface area (Å²) in [6.07, 6.45) is 5.16. The molecule has 0 amide bonds. The highest BCUT2D eigenvalue weighted by Crippen LogP contribution is 2.29. The van der Waals surface area contributed by atoms with Crippen molar-refractivity contribution >= 4 is 26.4 Å². The number of nitro benzene ring substituents is 1. The quantitative estimate of drug-likeness (QED) is 0.609. The van der Waals surface area contributed by atoms with Crippen LogP contribution in [0.1, 0.15) is 18.9 Å². The molecule has 1 aliphatic rings. The Morgan fingerprint density at radius 1 is 1.25 bits per heavy atom. The van der Waals surface area contributed by atoms with E-state index in [1.165, 1.54) is 6.26 Å². The molecule has 24 heavy (non-hydrogen) atoms. The van der Waals surface area contributed by atoms with Crippen LogP contribution in [0.2, 0.25) is 0 Å². The number of hydrogen-bond acceptors (Lipinski definition) is 5. The van der Waals surface area contributed by atoms with Gasteiger partial charge in [0.05, 0.1) is 10.7 Å². The first-order valence-electron chi connectivity index (χ1n) is 7.98. The number of piperidine rings is 1. The summed E-state index contributed by atoms with van der Waals surface area (Å²) in [5.74, 6) is 0.202. The van der Waals surface area contributed by atoms with E-state index >= 15 is 0 Å². The molecule has 0 saturated carbocycles. The number of fused-ring (bicyclic) bond motifs is 1. The summed E-state index contributed by atoms with van der Waals surface area (Å²) >= 11 is 0. The Balaban J connectivity index is 1.68. The molecule has 0 unspecified atom stereocenters. The summed E-state index contributed by atoms with van der Waals surface area (Å²) in [4.78, 5) is 12.7. The van der Waals surface area contributed by atoms with Crippen LogP contribution in [0.3, 0.4) is 0 Å². The average Bonchev–Trinajstić information content (AvgIpc) is 2.95. The second-order valence-electron chi connectivity index (χ2n) is 6.43. The third-order valence-electron chi connectivity index (χ3n) is 4.64. The zero-order valence-electron chi connectivity index (χ0n) is 13.6. The van der Waals surface area contributed by atoms with Crippen LogP contribution < -0.4 is 0 Å². The molecule has 0 radical (unpaired) electrons. The first-order chi connectivity index (χ1) is 11.3. The molecule has 1 aliphatic heterocycles. The fraction of sp³-hybridized carbons (Fsp3) is 0.500. The van der Waals surface area contributed by atoms with E-state index in [2.05, 4.69) is 9.47 Å². The Hall–Kier alpha value is -1.93. The maximum Gasteiger partial charge on any atom is 0.270 e. The van der Waals surface area contributed by atoms with E-state index in [1.807, 2.05) is 18.3 Å². The van der Waals surface area contributed by atoms with Gasteiger partial charge in [0, 0.05) is 61.2 Å². The Morgan fingerprint density at radius 3 is 2.58 bits per heavy atom. The second kappa shape index (κ2) is 6.52. The van der Waals surface area contributed by atoms with Crippen molar-refractivity contribution in [1.29, 1.82) is 0 Å². The standard InChI is InChI=1S/C16H21N3O4S/c1-24(22,23)11-10-17-7-5-14(6-8-17)18-9-4-13-12-15(19(20)21)2-3-16(13)18/h2-4,9,12,14H,5-8,10-11H2,1H3. The molecule has 0 spiro atoms. The molecule has 1 aromatic carbocycles.